The molecule has 1 fully saturated rings. The largest absolute Gasteiger partial charge is 0.416 e. The van der Waals surface area contributed by atoms with Crippen LogP contribution in [0.25, 0.3) is 11.0 Å². The van der Waals surface area contributed by atoms with E-state index in [1.54, 1.807) is 12.4 Å². The number of aliphatic imine (C=N–C) groups is 1. The summed E-state index contributed by atoms with van der Waals surface area (Å²) in [6.07, 6.45) is 1.32. The number of alkyl halides is 3. The number of imidazole rings is 1. The van der Waals surface area contributed by atoms with Gasteiger partial charge in [-0.2, -0.15) is 13.2 Å². The van der Waals surface area contributed by atoms with Crippen LogP contribution in [0.5, 0.6) is 0 Å². The van der Waals surface area contributed by atoms with E-state index in [1.165, 1.54) is 12.5 Å². The van der Waals surface area contributed by atoms with Gasteiger partial charge in [0.05, 0.1) is 22.9 Å². The van der Waals surface area contributed by atoms with E-state index in [-0.39, 0.29) is 6.04 Å². The Morgan fingerprint density at radius 1 is 1.12 bits per heavy atom. The number of anilines is 1. The van der Waals surface area contributed by atoms with Crippen LogP contribution in [0.1, 0.15) is 48.4 Å². The molecule has 3 aromatic rings. The molecule has 2 aliphatic heterocycles. The molecule has 6 nitrogen and oxygen atoms in total. The van der Waals surface area contributed by atoms with Gasteiger partial charge in [0.15, 0.2) is 12.1 Å². The van der Waals surface area contributed by atoms with E-state index >= 15 is 0 Å². The second-order valence-corrected chi connectivity index (χ2v) is 8.56. The molecule has 9 heteroatoms. The highest BCUT2D eigenvalue weighted by atomic mass is 19.4. The molecule has 1 aromatic heterocycles. The van der Waals surface area contributed by atoms with Gasteiger partial charge >= 0.3 is 6.18 Å². The second-order valence-electron chi connectivity index (χ2n) is 8.56. The standard InChI is InChI=1S/C23H24F3N5O/c1-14-7-16(11-20-21(14)28-12-27-20)22(29-13-32-30-22)17-8-18(23(24,25)26)10-19(9-17)31-6-4-3-5-15(31)2/h7-13,15,30H,3-6H2,1-2H3,(H,27,28). The van der Waals surface area contributed by atoms with Crippen molar-refractivity contribution in [2.24, 2.45) is 4.99 Å². The summed E-state index contributed by atoms with van der Waals surface area (Å²) in [4.78, 5) is 19.2. The van der Waals surface area contributed by atoms with Gasteiger partial charge in [-0.15, -0.1) is 5.48 Å². The third-order valence-corrected chi connectivity index (χ3v) is 6.44. The highest BCUT2D eigenvalue weighted by Gasteiger charge is 2.41. The Balaban J connectivity index is 1.71. The molecule has 2 atom stereocenters. The van der Waals surface area contributed by atoms with E-state index in [2.05, 4.69) is 32.3 Å². The highest BCUT2D eigenvalue weighted by Crippen LogP contribution is 2.41. The lowest BCUT2D eigenvalue weighted by Crippen LogP contribution is -2.40. The first-order valence-electron chi connectivity index (χ1n) is 10.7. The number of nitrogens with one attached hydrogen (secondary N) is 2. The molecule has 2 N–H and O–H groups in total. The van der Waals surface area contributed by atoms with Gasteiger partial charge < -0.3 is 14.7 Å². The number of hydroxylamine groups is 1. The Bertz CT molecular complexity index is 1190. The van der Waals surface area contributed by atoms with Crippen molar-refractivity contribution < 1.29 is 18.0 Å². The monoisotopic (exact) mass is 443 g/mol. The molecule has 0 bridgehead atoms. The first-order valence-corrected chi connectivity index (χ1v) is 10.7. The first kappa shape index (κ1) is 20.8. The molecular formula is C23H24F3N5O. The smallest absolute Gasteiger partial charge is 0.394 e. The van der Waals surface area contributed by atoms with Crippen molar-refractivity contribution in [1.82, 2.24) is 15.4 Å². The van der Waals surface area contributed by atoms with Gasteiger partial charge in [-0.1, -0.05) is 0 Å². The molecular weight excluding hydrogens is 419 g/mol. The average molecular weight is 443 g/mol. The van der Waals surface area contributed by atoms with Crippen LogP contribution in [0.4, 0.5) is 18.9 Å². The lowest BCUT2D eigenvalue weighted by Gasteiger charge is -2.37. The molecule has 0 saturated carbocycles. The molecule has 2 aliphatic rings. The third kappa shape index (κ3) is 3.40. The van der Waals surface area contributed by atoms with Gasteiger partial charge in [0.1, 0.15) is 0 Å². The third-order valence-electron chi connectivity index (χ3n) is 6.44. The van der Waals surface area contributed by atoms with Gasteiger partial charge in [0, 0.05) is 29.4 Å². The molecule has 3 heterocycles. The summed E-state index contributed by atoms with van der Waals surface area (Å²) in [6, 6.07) is 8.08. The van der Waals surface area contributed by atoms with Gasteiger partial charge in [-0.3, -0.25) is 0 Å². The zero-order valence-corrected chi connectivity index (χ0v) is 17.8. The number of rotatable bonds is 3. The summed E-state index contributed by atoms with van der Waals surface area (Å²) < 4.78 is 41.8. The number of hydrogen-bond acceptors (Lipinski definition) is 5. The molecule has 32 heavy (non-hydrogen) atoms. The van der Waals surface area contributed by atoms with Crippen molar-refractivity contribution >= 4 is 23.1 Å². The zero-order chi connectivity index (χ0) is 22.5. The van der Waals surface area contributed by atoms with E-state index in [0.717, 1.165) is 48.5 Å². The number of fused-ring (bicyclic) bond motifs is 1. The molecule has 168 valence electrons. The Hall–Kier alpha value is -3.07. The second kappa shape index (κ2) is 7.51. The van der Waals surface area contributed by atoms with Crippen LogP contribution in [-0.4, -0.2) is 29.0 Å². The van der Waals surface area contributed by atoms with Gasteiger partial charge in [0.2, 0.25) is 0 Å². The van der Waals surface area contributed by atoms with Crippen molar-refractivity contribution in [2.75, 3.05) is 11.4 Å². The molecule has 2 aromatic carbocycles. The minimum absolute atomic E-state index is 0.163. The summed E-state index contributed by atoms with van der Waals surface area (Å²) in [6.45, 7) is 4.69. The molecule has 0 aliphatic carbocycles. The molecule has 2 unspecified atom stereocenters. The number of piperidine rings is 1. The summed E-state index contributed by atoms with van der Waals surface area (Å²) in [5.41, 5.74) is 4.90. The number of aryl methyl sites for hydroxylation is 1. The van der Waals surface area contributed by atoms with Crippen molar-refractivity contribution in [3.63, 3.8) is 0 Å². The van der Waals surface area contributed by atoms with E-state index in [0.29, 0.717) is 16.8 Å². The molecule has 1 saturated heterocycles. The number of benzene rings is 2. The van der Waals surface area contributed by atoms with E-state index in [4.69, 9.17) is 4.84 Å². The van der Waals surface area contributed by atoms with Crippen LogP contribution in [0.15, 0.2) is 41.7 Å². The summed E-state index contributed by atoms with van der Waals surface area (Å²) in [5.74, 6) is 0. The maximum atomic E-state index is 13.9. The number of aromatic nitrogens is 2. The maximum Gasteiger partial charge on any atom is 0.416 e. The first-order chi connectivity index (χ1) is 15.3. The SMILES string of the molecule is Cc1cc(C2(c3cc(N4CCCCC4C)cc(C(F)(F)F)c3)N=CON2)cc2[nH]cnc12. The maximum absolute atomic E-state index is 13.9. The number of nitrogens with zero attached hydrogens (tertiary/aromatic N) is 3. The predicted octanol–water partition coefficient (Wildman–Crippen LogP) is 5.03. The molecule has 0 spiro atoms. The minimum Gasteiger partial charge on any atom is -0.394 e. The fourth-order valence-corrected chi connectivity index (χ4v) is 4.74. The lowest BCUT2D eigenvalue weighted by atomic mass is 9.89. The topological polar surface area (TPSA) is 65.5 Å². The highest BCUT2D eigenvalue weighted by molar-refractivity contribution is 5.80. The Kier molecular flexibility index (Phi) is 4.88. The quantitative estimate of drug-likeness (QED) is 0.596. The molecule has 5 rings (SSSR count). The number of halogens is 3. The van der Waals surface area contributed by atoms with Crippen LogP contribution < -0.4 is 10.4 Å². The number of aromatic amines is 1. The van der Waals surface area contributed by atoms with Crippen LogP contribution in [0.2, 0.25) is 0 Å². The Morgan fingerprint density at radius 2 is 1.94 bits per heavy atom. The van der Waals surface area contributed by atoms with Crippen molar-refractivity contribution in [2.45, 2.75) is 51.0 Å². The van der Waals surface area contributed by atoms with Crippen molar-refractivity contribution in [3.05, 3.63) is 58.9 Å². The lowest BCUT2D eigenvalue weighted by molar-refractivity contribution is -0.137. The fraction of sp³-hybridized carbons (Fsp3) is 0.391. The van der Waals surface area contributed by atoms with Crippen molar-refractivity contribution in [3.8, 4) is 0 Å². The van der Waals surface area contributed by atoms with Crippen LogP contribution in [0, 0.1) is 6.92 Å². The molecule has 0 amide bonds. The van der Waals surface area contributed by atoms with E-state index in [1.807, 2.05) is 19.1 Å². The van der Waals surface area contributed by atoms with Crippen LogP contribution in [-0.2, 0) is 16.7 Å². The van der Waals surface area contributed by atoms with Gasteiger partial charge in [-0.05, 0) is 69.0 Å². The minimum atomic E-state index is -4.49. The van der Waals surface area contributed by atoms with Gasteiger partial charge in [-0.25, -0.2) is 9.98 Å². The van der Waals surface area contributed by atoms with Gasteiger partial charge in [0.25, 0.3) is 0 Å². The average Bonchev–Trinajstić information content (AvgIpc) is 3.44. The van der Waals surface area contributed by atoms with Crippen LogP contribution >= 0.6 is 0 Å². The normalized spacial score (nSPS) is 23.7. The Labute approximate surface area is 183 Å². The van der Waals surface area contributed by atoms with E-state index in [9.17, 15) is 13.2 Å². The zero-order valence-electron chi connectivity index (χ0n) is 17.8. The van der Waals surface area contributed by atoms with Crippen molar-refractivity contribution in [1.29, 1.82) is 0 Å². The summed E-state index contributed by atoms with van der Waals surface area (Å²) in [5, 5.41) is 0. The van der Waals surface area contributed by atoms with Crippen LogP contribution in [0.3, 0.4) is 0 Å². The number of H-pyrrole nitrogens is 1. The predicted molar refractivity (Wildman–Crippen MR) is 116 cm³/mol. The Morgan fingerprint density at radius 3 is 2.66 bits per heavy atom. The van der Waals surface area contributed by atoms with E-state index < -0.39 is 17.4 Å². The fourth-order valence-electron chi connectivity index (χ4n) is 4.74. The summed E-state index contributed by atoms with van der Waals surface area (Å²) >= 11 is 0. The molecule has 0 radical (unpaired) electrons. The number of hydrogen-bond donors (Lipinski definition) is 2. The summed E-state index contributed by atoms with van der Waals surface area (Å²) in [7, 11) is 0.